The van der Waals surface area contributed by atoms with E-state index in [0.29, 0.717) is 28.6 Å². The van der Waals surface area contributed by atoms with Crippen LogP contribution in [0, 0.1) is 17.7 Å². The van der Waals surface area contributed by atoms with Gasteiger partial charge in [0.25, 0.3) is 5.91 Å². The third-order valence-corrected chi connectivity index (χ3v) is 5.28. The van der Waals surface area contributed by atoms with E-state index in [-0.39, 0.29) is 18.9 Å². The Bertz CT molecular complexity index is 1020. The van der Waals surface area contributed by atoms with Crippen LogP contribution in [0.1, 0.15) is 29.4 Å². The Morgan fingerprint density at radius 1 is 1.40 bits per heavy atom. The quantitative estimate of drug-likeness (QED) is 0.632. The van der Waals surface area contributed by atoms with Gasteiger partial charge in [-0.25, -0.2) is 9.37 Å². The average molecular weight is 428 g/mol. The maximum Gasteiger partial charge on any atom is 0.274 e. The summed E-state index contributed by atoms with van der Waals surface area (Å²) in [4.78, 5) is 21.0. The molecule has 2 aromatic rings. The van der Waals surface area contributed by atoms with Gasteiger partial charge in [0.15, 0.2) is 5.17 Å². The second-order valence-corrected chi connectivity index (χ2v) is 7.77. The molecule has 0 saturated heterocycles. The van der Waals surface area contributed by atoms with Gasteiger partial charge in [0.1, 0.15) is 30.5 Å². The molecule has 1 aliphatic rings. The van der Waals surface area contributed by atoms with Crippen LogP contribution >= 0.6 is 11.8 Å². The number of aliphatic imine (C=N–C) groups is 1. The SMILES string of the molecule is C[C@@]1(c2cc(NC(=O)c3ccc(OCC#CCO)cn3)ccc2F)CCSC(N)=N1. The van der Waals surface area contributed by atoms with Crippen LogP contribution < -0.4 is 15.8 Å². The molecule has 0 fully saturated rings. The molecule has 0 spiro atoms. The maximum atomic E-state index is 14.5. The average Bonchev–Trinajstić information content (AvgIpc) is 2.73. The second kappa shape index (κ2) is 9.61. The number of thioether (sulfide) groups is 1. The van der Waals surface area contributed by atoms with Crippen molar-refractivity contribution in [3.05, 3.63) is 53.6 Å². The molecule has 1 aromatic heterocycles. The molecule has 0 bridgehead atoms. The van der Waals surface area contributed by atoms with Crippen LogP contribution in [-0.2, 0) is 5.54 Å². The summed E-state index contributed by atoms with van der Waals surface area (Å²) in [5, 5.41) is 11.7. The van der Waals surface area contributed by atoms with Crippen molar-refractivity contribution in [2.75, 3.05) is 24.3 Å². The summed E-state index contributed by atoms with van der Waals surface area (Å²) < 4.78 is 19.8. The van der Waals surface area contributed by atoms with E-state index in [1.807, 2.05) is 6.92 Å². The lowest BCUT2D eigenvalue weighted by atomic mass is 9.89. The molecule has 0 aliphatic carbocycles. The maximum absolute atomic E-state index is 14.5. The number of aromatic nitrogens is 1. The summed E-state index contributed by atoms with van der Waals surface area (Å²) in [6.07, 6.45) is 2.04. The van der Waals surface area contributed by atoms with Crippen LogP contribution in [0.2, 0.25) is 0 Å². The van der Waals surface area contributed by atoms with Crippen molar-refractivity contribution in [3.63, 3.8) is 0 Å². The lowest BCUT2D eigenvalue weighted by Gasteiger charge is -2.30. The number of anilines is 1. The Morgan fingerprint density at radius 3 is 2.93 bits per heavy atom. The summed E-state index contributed by atoms with van der Waals surface area (Å²) in [6, 6.07) is 7.48. The first-order valence-corrected chi connectivity index (χ1v) is 10.1. The summed E-state index contributed by atoms with van der Waals surface area (Å²) in [5.41, 5.74) is 6.05. The first kappa shape index (κ1) is 21.6. The highest BCUT2D eigenvalue weighted by molar-refractivity contribution is 8.13. The Balaban J connectivity index is 1.72. The number of hydrogen-bond donors (Lipinski definition) is 3. The molecule has 30 heavy (non-hydrogen) atoms. The molecular formula is C21H21FN4O3S. The number of nitrogens with zero attached hydrogens (tertiary/aromatic N) is 2. The molecule has 1 atom stereocenters. The molecule has 1 aliphatic heterocycles. The van der Waals surface area contributed by atoms with Crippen molar-refractivity contribution in [1.82, 2.24) is 4.98 Å². The van der Waals surface area contributed by atoms with Crippen molar-refractivity contribution >= 4 is 28.5 Å². The molecule has 156 valence electrons. The fraction of sp³-hybridized carbons (Fsp3) is 0.286. The fourth-order valence-electron chi connectivity index (χ4n) is 2.92. The molecule has 3 rings (SSSR count). The van der Waals surface area contributed by atoms with Gasteiger partial charge >= 0.3 is 0 Å². The number of amides is 1. The van der Waals surface area contributed by atoms with Gasteiger partial charge in [-0.3, -0.25) is 9.79 Å². The van der Waals surface area contributed by atoms with Crippen molar-refractivity contribution in [1.29, 1.82) is 0 Å². The van der Waals surface area contributed by atoms with E-state index in [1.165, 1.54) is 36.2 Å². The van der Waals surface area contributed by atoms with Gasteiger partial charge in [-0.15, -0.1) is 0 Å². The van der Waals surface area contributed by atoms with E-state index in [9.17, 15) is 9.18 Å². The standard InChI is InChI=1S/C21H21FN4O3S/c1-21(8-11-30-20(23)26-21)16-12-14(4-6-17(16)22)25-19(28)18-7-5-15(13-24-18)29-10-3-2-9-27/h4-7,12-13,27H,8-11H2,1H3,(H2,23,26)(H,25,28)/t21-/m0/s1. The Morgan fingerprint density at radius 2 is 2.23 bits per heavy atom. The van der Waals surface area contributed by atoms with Gasteiger partial charge in [0.05, 0.1) is 11.7 Å². The molecule has 1 amide bonds. The lowest BCUT2D eigenvalue weighted by Crippen LogP contribution is -2.29. The monoisotopic (exact) mass is 428 g/mol. The number of benzene rings is 1. The van der Waals surface area contributed by atoms with Gasteiger partial charge in [-0.05, 0) is 43.7 Å². The van der Waals surface area contributed by atoms with Crippen LogP contribution in [-0.4, -0.2) is 40.1 Å². The number of nitrogens with one attached hydrogen (secondary N) is 1. The zero-order chi connectivity index (χ0) is 21.6. The largest absolute Gasteiger partial charge is 0.479 e. The summed E-state index contributed by atoms with van der Waals surface area (Å²) in [7, 11) is 0. The van der Waals surface area contributed by atoms with Crippen molar-refractivity contribution in [2.45, 2.75) is 18.9 Å². The van der Waals surface area contributed by atoms with Crippen LogP contribution in [0.5, 0.6) is 5.75 Å². The minimum Gasteiger partial charge on any atom is -0.479 e. The number of amidine groups is 1. The topological polar surface area (TPSA) is 110 Å². The van der Waals surface area contributed by atoms with Crippen LogP contribution in [0.15, 0.2) is 41.5 Å². The molecular weight excluding hydrogens is 407 g/mol. The van der Waals surface area contributed by atoms with E-state index >= 15 is 0 Å². The minimum absolute atomic E-state index is 0.108. The van der Waals surface area contributed by atoms with E-state index in [4.69, 9.17) is 15.6 Å². The Hall–Kier alpha value is -3.09. The summed E-state index contributed by atoms with van der Waals surface area (Å²) in [5.74, 6) is 5.43. The number of aliphatic hydroxyl groups excluding tert-OH is 1. The first-order chi connectivity index (χ1) is 14.4. The van der Waals surface area contributed by atoms with Gasteiger partial charge in [-0.2, -0.15) is 0 Å². The normalized spacial score (nSPS) is 18.0. The van der Waals surface area contributed by atoms with Gasteiger partial charge < -0.3 is 20.9 Å². The minimum atomic E-state index is -0.781. The molecule has 9 heteroatoms. The molecule has 2 heterocycles. The zero-order valence-corrected chi connectivity index (χ0v) is 17.1. The third-order valence-electron chi connectivity index (χ3n) is 4.48. The molecule has 0 radical (unpaired) electrons. The van der Waals surface area contributed by atoms with Crippen molar-refractivity contribution < 1.29 is 19.0 Å². The van der Waals surface area contributed by atoms with E-state index < -0.39 is 17.3 Å². The van der Waals surface area contributed by atoms with Gasteiger partial charge in [0.2, 0.25) is 0 Å². The fourth-order valence-corrected chi connectivity index (χ4v) is 3.89. The van der Waals surface area contributed by atoms with Crippen molar-refractivity contribution in [2.24, 2.45) is 10.7 Å². The van der Waals surface area contributed by atoms with Crippen LogP contribution in [0.3, 0.4) is 0 Å². The highest BCUT2D eigenvalue weighted by atomic mass is 32.2. The lowest BCUT2D eigenvalue weighted by molar-refractivity contribution is 0.102. The highest BCUT2D eigenvalue weighted by Crippen LogP contribution is 2.37. The summed E-state index contributed by atoms with van der Waals surface area (Å²) >= 11 is 1.44. The predicted octanol–water partition coefficient (Wildman–Crippen LogP) is 2.51. The molecule has 0 unspecified atom stereocenters. The zero-order valence-electron chi connectivity index (χ0n) is 16.3. The molecule has 0 saturated carbocycles. The van der Waals surface area contributed by atoms with Crippen LogP contribution in [0.25, 0.3) is 0 Å². The summed E-state index contributed by atoms with van der Waals surface area (Å²) in [6.45, 7) is 1.70. The molecule has 1 aromatic carbocycles. The van der Waals surface area contributed by atoms with E-state index in [2.05, 4.69) is 27.1 Å². The number of rotatable bonds is 5. The van der Waals surface area contributed by atoms with E-state index in [0.717, 1.165) is 5.75 Å². The van der Waals surface area contributed by atoms with Gasteiger partial charge in [-0.1, -0.05) is 23.6 Å². The second-order valence-electron chi connectivity index (χ2n) is 6.65. The Labute approximate surface area is 177 Å². The van der Waals surface area contributed by atoms with E-state index in [1.54, 1.807) is 12.1 Å². The van der Waals surface area contributed by atoms with Gasteiger partial charge in [0, 0.05) is 17.0 Å². The number of carbonyl (C=O) groups is 1. The molecule has 7 nitrogen and oxygen atoms in total. The third kappa shape index (κ3) is 5.28. The number of aliphatic hydroxyl groups is 1. The Kier molecular flexibility index (Phi) is 6.92. The number of nitrogens with two attached hydrogens (primary N) is 1. The molecule has 4 N–H and O–H groups in total. The van der Waals surface area contributed by atoms with Crippen LogP contribution in [0.4, 0.5) is 10.1 Å². The number of pyridine rings is 1. The number of hydrogen-bond acceptors (Lipinski definition) is 7. The first-order valence-electron chi connectivity index (χ1n) is 9.16. The number of halogens is 1. The number of ether oxygens (including phenoxy) is 1. The number of carbonyl (C=O) groups excluding carboxylic acids is 1. The smallest absolute Gasteiger partial charge is 0.274 e. The highest BCUT2D eigenvalue weighted by Gasteiger charge is 2.32. The van der Waals surface area contributed by atoms with Crippen molar-refractivity contribution in [3.8, 4) is 17.6 Å². The predicted molar refractivity (Wildman–Crippen MR) is 115 cm³/mol.